The molecule has 23 heavy (non-hydrogen) atoms. The highest BCUT2D eigenvalue weighted by Gasteiger charge is 2.27. The minimum absolute atomic E-state index is 0.120. The Morgan fingerprint density at radius 3 is 2.48 bits per heavy atom. The SMILES string of the molecule is C=C/C1=C(\C=C)c2c(nnn2C(C)C)-c2ccccc2C(=O)N1. The first-order valence-electron chi connectivity index (χ1n) is 7.44. The van der Waals surface area contributed by atoms with Gasteiger partial charge in [-0.25, -0.2) is 4.68 Å². The molecule has 0 saturated carbocycles. The highest BCUT2D eigenvalue weighted by atomic mass is 16.1. The van der Waals surface area contributed by atoms with Gasteiger partial charge < -0.3 is 5.32 Å². The predicted octanol–water partition coefficient (Wildman–Crippen LogP) is 3.35. The van der Waals surface area contributed by atoms with E-state index in [1.807, 2.05) is 36.7 Å². The molecule has 1 amide bonds. The van der Waals surface area contributed by atoms with E-state index in [1.54, 1.807) is 18.2 Å². The van der Waals surface area contributed by atoms with Gasteiger partial charge in [0.1, 0.15) is 5.69 Å². The normalized spacial score (nSPS) is 16.9. The van der Waals surface area contributed by atoms with Crippen molar-refractivity contribution in [2.75, 3.05) is 0 Å². The molecule has 1 aliphatic heterocycles. The number of allylic oxidation sites excluding steroid dienone is 3. The molecule has 0 radical (unpaired) electrons. The largest absolute Gasteiger partial charge is 0.321 e. The Morgan fingerprint density at radius 2 is 1.87 bits per heavy atom. The number of benzene rings is 1. The first-order chi connectivity index (χ1) is 11.1. The Hall–Kier alpha value is -2.95. The van der Waals surface area contributed by atoms with Crippen LogP contribution in [0.5, 0.6) is 0 Å². The Bertz CT molecular complexity index is 842. The number of nitrogens with one attached hydrogen (secondary N) is 1. The summed E-state index contributed by atoms with van der Waals surface area (Å²) in [5, 5.41) is 11.5. The van der Waals surface area contributed by atoms with Crippen LogP contribution in [-0.2, 0) is 0 Å². The van der Waals surface area contributed by atoms with Crippen molar-refractivity contribution in [3.8, 4) is 11.3 Å². The molecule has 1 aromatic carbocycles. The summed E-state index contributed by atoms with van der Waals surface area (Å²) >= 11 is 0. The monoisotopic (exact) mass is 306 g/mol. The minimum Gasteiger partial charge on any atom is -0.321 e. The average molecular weight is 306 g/mol. The third-order valence-electron chi connectivity index (χ3n) is 3.81. The molecule has 1 aliphatic rings. The van der Waals surface area contributed by atoms with Crippen molar-refractivity contribution in [2.45, 2.75) is 19.9 Å². The predicted molar refractivity (Wildman–Crippen MR) is 90.6 cm³/mol. The summed E-state index contributed by atoms with van der Waals surface area (Å²) in [5.41, 5.74) is 4.19. The molecule has 0 unspecified atom stereocenters. The lowest BCUT2D eigenvalue weighted by Crippen LogP contribution is -2.25. The summed E-state index contributed by atoms with van der Waals surface area (Å²) in [6.45, 7) is 11.8. The van der Waals surface area contributed by atoms with Gasteiger partial charge in [0.25, 0.3) is 5.91 Å². The van der Waals surface area contributed by atoms with E-state index in [0.717, 1.165) is 16.8 Å². The smallest absolute Gasteiger partial charge is 0.256 e. The zero-order valence-corrected chi connectivity index (χ0v) is 13.2. The second kappa shape index (κ2) is 5.68. The number of aromatic nitrogens is 3. The molecule has 0 atom stereocenters. The number of amides is 1. The van der Waals surface area contributed by atoms with Crippen LogP contribution in [-0.4, -0.2) is 20.9 Å². The van der Waals surface area contributed by atoms with E-state index in [0.29, 0.717) is 17.0 Å². The van der Waals surface area contributed by atoms with Crippen LogP contribution < -0.4 is 5.32 Å². The number of carbonyl (C=O) groups excluding carboxylic acids is 1. The van der Waals surface area contributed by atoms with Gasteiger partial charge in [-0.05, 0) is 26.0 Å². The van der Waals surface area contributed by atoms with Crippen LogP contribution in [0.25, 0.3) is 16.8 Å². The second-order valence-corrected chi connectivity index (χ2v) is 5.56. The van der Waals surface area contributed by atoms with Gasteiger partial charge in [0.15, 0.2) is 0 Å². The number of hydrogen-bond acceptors (Lipinski definition) is 3. The van der Waals surface area contributed by atoms with E-state index in [4.69, 9.17) is 0 Å². The molecule has 2 heterocycles. The number of carbonyl (C=O) groups is 1. The van der Waals surface area contributed by atoms with Crippen LogP contribution in [0.1, 0.15) is 35.9 Å². The Labute approximate surface area is 135 Å². The Balaban J connectivity index is 2.44. The van der Waals surface area contributed by atoms with E-state index >= 15 is 0 Å². The van der Waals surface area contributed by atoms with Gasteiger partial charge in [0, 0.05) is 28.4 Å². The van der Waals surface area contributed by atoms with Gasteiger partial charge in [-0.3, -0.25) is 4.79 Å². The molecule has 3 rings (SSSR count). The molecule has 0 saturated heterocycles. The van der Waals surface area contributed by atoms with E-state index < -0.39 is 0 Å². The van der Waals surface area contributed by atoms with Crippen molar-refractivity contribution in [2.24, 2.45) is 0 Å². The number of rotatable bonds is 3. The molecule has 5 heteroatoms. The van der Waals surface area contributed by atoms with Crippen molar-refractivity contribution in [3.63, 3.8) is 0 Å². The number of fused-ring (bicyclic) bond motifs is 3. The van der Waals surface area contributed by atoms with Crippen molar-refractivity contribution in [3.05, 3.63) is 66.5 Å². The summed E-state index contributed by atoms with van der Waals surface area (Å²) in [5.74, 6) is -0.195. The highest BCUT2D eigenvalue weighted by molar-refractivity contribution is 6.05. The highest BCUT2D eigenvalue weighted by Crippen LogP contribution is 2.34. The van der Waals surface area contributed by atoms with Gasteiger partial charge >= 0.3 is 0 Å². The zero-order valence-electron chi connectivity index (χ0n) is 13.2. The van der Waals surface area contributed by atoms with Gasteiger partial charge in [-0.2, -0.15) is 0 Å². The molecule has 0 bridgehead atoms. The first-order valence-corrected chi connectivity index (χ1v) is 7.44. The molecule has 5 nitrogen and oxygen atoms in total. The van der Waals surface area contributed by atoms with Crippen molar-refractivity contribution in [1.29, 1.82) is 0 Å². The molecule has 1 N–H and O–H groups in total. The lowest BCUT2D eigenvalue weighted by molar-refractivity contribution is 0.0968. The van der Waals surface area contributed by atoms with Crippen molar-refractivity contribution < 1.29 is 4.79 Å². The maximum absolute atomic E-state index is 12.6. The Morgan fingerprint density at radius 1 is 1.17 bits per heavy atom. The van der Waals surface area contributed by atoms with Crippen LogP contribution >= 0.6 is 0 Å². The molecular weight excluding hydrogens is 288 g/mol. The molecule has 116 valence electrons. The molecule has 0 spiro atoms. The second-order valence-electron chi connectivity index (χ2n) is 5.56. The van der Waals surface area contributed by atoms with Gasteiger partial charge in [-0.15, -0.1) is 5.10 Å². The fraction of sp³-hybridized carbons (Fsp3) is 0.167. The third-order valence-corrected chi connectivity index (χ3v) is 3.81. The molecule has 2 aromatic rings. The van der Waals surface area contributed by atoms with E-state index in [9.17, 15) is 4.79 Å². The third kappa shape index (κ3) is 2.30. The Kier molecular flexibility index (Phi) is 3.70. The fourth-order valence-corrected chi connectivity index (χ4v) is 2.73. The van der Waals surface area contributed by atoms with Crippen LogP contribution in [0.15, 0.2) is 55.3 Å². The number of nitrogens with zero attached hydrogens (tertiary/aromatic N) is 3. The van der Waals surface area contributed by atoms with Crippen molar-refractivity contribution >= 4 is 11.5 Å². The molecule has 1 aromatic heterocycles. The average Bonchev–Trinajstić information content (AvgIpc) is 2.97. The summed E-state index contributed by atoms with van der Waals surface area (Å²) in [7, 11) is 0. The lowest BCUT2D eigenvalue weighted by atomic mass is 9.96. The van der Waals surface area contributed by atoms with Gasteiger partial charge in [-0.1, -0.05) is 42.6 Å². The zero-order chi connectivity index (χ0) is 16.6. The number of hydrogen-bond donors (Lipinski definition) is 1. The van der Waals surface area contributed by atoms with Crippen LogP contribution in [0.3, 0.4) is 0 Å². The lowest BCUT2D eigenvalue weighted by Gasteiger charge is -2.19. The summed E-state index contributed by atoms with van der Waals surface area (Å²) in [6.07, 6.45) is 3.32. The van der Waals surface area contributed by atoms with Crippen LogP contribution in [0, 0.1) is 0 Å². The minimum atomic E-state index is -0.195. The van der Waals surface area contributed by atoms with Crippen LogP contribution in [0.4, 0.5) is 0 Å². The van der Waals surface area contributed by atoms with E-state index in [1.165, 1.54) is 0 Å². The summed E-state index contributed by atoms with van der Waals surface area (Å²) in [4.78, 5) is 12.6. The standard InChI is InChI=1S/C18H18N4O/c1-5-12-15(6-2)19-18(23)14-10-8-7-9-13(14)16-17(12)22(11(3)4)21-20-16/h5-11H,1-2H2,3-4H3,(H,19,23). The summed E-state index contributed by atoms with van der Waals surface area (Å²) < 4.78 is 1.84. The summed E-state index contributed by atoms with van der Waals surface area (Å²) in [6, 6.07) is 7.50. The topological polar surface area (TPSA) is 59.8 Å². The molecule has 0 fully saturated rings. The molecule has 0 aliphatic carbocycles. The van der Waals surface area contributed by atoms with Gasteiger partial charge in [0.05, 0.1) is 5.69 Å². The molecular formula is C18H18N4O. The van der Waals surface area contributed by atoms with E-state index in [2.05, 4.69) is 28.8 Å². The van der Waals surface area contributed by atoms with Crippen molar-refractivity contribution in [1.82, 2.24) is 20.3 Å². The van der Waals surface area contributed by atoms with E-state index in [-0.39, 0.29) is 11.9 Å². The maximum atomic E-state index is 12.6. The first kappa shape index (κ1) is 15.0. The maximum Gasteiger partial charge on any atom is 0.256 e. The quantitative estimate of drug-likeness (QED) is 0.946. The fourth-order valence-electron chi connectivity index (χ4n) is 2.73. The van der Waals surface area contributed by atoms with Crippen LogP contribution in [0.2, 0.25) is 0 Å². The van der Waals surface area contributed by atoms with Gasteiger partial charge in [0.2, 0.25) is 0 Å².